The van der Waals surface area contributed by atoms with Crippen LogP contribution in [0.2, 0.25) is 10.4 Å². The van der Waals surface area contributed by atoms with Crippen LogP contribution in [0.5, 0.6) is 0 Å². The minimum Gasteiger partial charge on any atom is -0.393 e. The van der Waals surface area contributed by atoms with Gasteiger partial charge in [-0.25, -0.2) is 4.98 Å². The van der Waals surface area contributed by atoms with Crippen molar-refractivity contribution in [1.29, 1.82) is 0 Å². The van der Waals surface area contributed by atoms with Crippen molar-refractivity contribution in [3.8, 4) is 0 Å². The average molecular weight is 381 g/mol. The summed E-state index contributed by atoms with van der Waals surface area (Å²) in [6.45, 7) is 6.03. The van der Waals surface area contributed by atoms with Crippen molar-refractivity contribution in [3.05, 3.63) is 11.8 Å². The van der Waals surface area contributed by atoms with E-state index in [2.05, 4.69) is 59.8 Å². The van der Waals surface area contributed by atoms with Gasteiger partial charge < -0.3 is 21.5 Å². The summed E-state index contributed by atoms with van der Waals surface area (Å²) in [5.74, 6) is 0.257. The lowest BCUT2D eigenvalue weighted by Gasteiger charge is -2.54. The van der Waals surface area contributed by atoms with Crippen LogP contribution in [-0.4, -0.2) is 77.3 Å². The van der Waals surface area contributed by atoms with Crippen molar-refractivity contribution in [2.75, 3.05) is 10.6 Å². The molecule has 3 unspecified atom stereocenters. The first-order valence-electron chi connectivity index (χ1n) is 9.98. The van der Waals surface area contributed by atoms with E-state index >= 15 is 0 Å². The number of nitrogens with two attached hydrogens (primary N) is 1. The number of primary amides is 1. The van der Waals surface area contributed by atoms with Crippen LogP contribution >= 0.6 is 0 Å². The Morgan fingerprint density at radius 3 is 2.36 bits per heavy atom. The van der Waals surface area contributed by atoms with Crippen LogP contribution in [0.3, 0.4) is 0 Å². The molecule has 0 bridgehead atoms. The molecule has 1 saturated carbocycles. The minimum absolute atomic E-state index is 0.00908. The molecular weight excluding hydrogens is 348 g/mol. The van der Waals surface area contributed by atoms with E-state index in [1.165, 1.54) is 6.20 Å². The fourth-order valence-corrected chi connectivity index (χ4v) is 3.78. The summed E-state index contributed by atoms with van der Waals surface area (Å²) in [6.07, 6.45) is 3.26. The number of hydrogen-bond donors (Lipinski definition) is 4. The summed E-state index contributed by atoms with van der Waals surface area (Å²) in [6, 6.07) is 0. The Morgan fingerprint density at radius 1 is 1.29 bits per heavy atom. The molecule has 1 aliphatic carbocycles. The highest BCUT2D eigenvalue weighted by Crippen LogP contribution is 2.54. The van der Waals surface area contributed by atoms with Crippen LogP contribution in [0.1, 0.15) is 50.4 Å². The molecule has 0 aromatic carbocycles. The molecule has 1 aromatic rings. The monoisotopic (exact) mass is 381 g/mol. The molecule has 1 aromatic heterocycles. The van der Waals surface area contributed by atoms with Gasteiger partial charge in [-0.1, -0.05) is 6.42 Å². The summed E-state index contributed by atoms with van der Waals surface area (Å²) < 4.78 is 0. The maximum Gasteiger partial charge on any atom is 0.254 e. The third-order valence-corrected chi connectivity index (χ3v) is 6.25. The number of aliphatic hydroxyl groups is 1. The number of nitrogens with one attached hydrogen (secondary N) is 2. The van der Waals surface area contributed by atoms with E-state index in [0.717, 1.165) is 12.8 Å². The summed E-state index contributed by atoms with van der Waals surface area (Å²) >= 11 is 0. The fraction of sp³-hybridized carbons (Fsp3) is 0.688. The number of carbonyl (C=O) groups is 1. The smallest absolute Gasteiger partial charge is 0.254 e. The molecule has 0 saturated heterocycles. The number of aromatic nitrogens is 2. The first kappa shape index (κ1) is 22.7. The van der Waals surface area contributed by atoms with E-state index in [-0.39, 0.29) is 21.5 Å². The van der Waals surface area contributed by atoms with Crippen LogP contribution in [0.4, 0.5) is 11.8 Å². The number of amides is 1. The lowest BCUT2D eigenvalue weighted by Crippen LogP contribution is -2.54. The van der Waals surface area contributed by atoms with Gasteiger partial charge in [0.1, 0.15) is 21.5 Å². The highest BCUT2D eigenvalue weighted by molar-refractivity contribution is 6.62. The zero-order valence-corrected chi connectivity index (χ0v) is 18.6. The van der Waals surface area contributed by atoms with Gasteiger partial charge in [-0.15, -0.1) is 5.11 Å². The summed E-state index contributed by atoms with van der Waals surface area (Å²) in [7, 11) is 10.7. The van der Waals surface area contributed by atoms with Crippen LogP contribution in [0.25, 0.3) is 0 Å². The number of aliphatic hydroxyl groups excluding tert-OH is 1. The summed E-state index contributed by atoms with van der Waals surface area (Å²) in [4.78, 5) is 20.6. The Labute approximate surface area is 172 Å². The van der Waals surface area contributed by atoms with E-state index in [9.17, 15) is 9.90 Å². The van der Waals surface area contributed by atoms with Gasteiger partial charge in [-0.3, -0.25) is 4.79 Å². The molecule has 1 amide bonds. The molecule has 1 heterocycles. The lowest BCUT2D eigenvalue weighted by molar-refractivity contribution is 0.0686. The number of rotatable bonds is 5. The fourth-order valence-electron chi connectivity index (χ4n) is 3.78. The topological polar surface area (TPSA) is 113 Å². The Hall–Kier alpha value is -1.57. The maximum atomic E-state index is 11.9. The van der Waals surface area contributed by atoms with Gasteiger partial charge in [0.15, 0.2) is 0 Å². The van der Waals surface area contributed by atoms with Gasteiger partial charge in [-0.05, 0) is 38.9 Å². The first-order chi connectivity index (χ1) is 12.6. The molecule has 12 heteroatoms. The molecule has 0 aliphatic heterocycles. The van der Waals surface area contributed by atoms with Crippen molar-refractivity contribution in [1.82, 2.24) is 9.97 Å². The molecule has 0 radical (unpaired) electrons. The van der Waals surface area contributed by atoms with Gasteiger partial charge in [0.2, 0.25) is 5.95 Å². The number of nitrogens with zero attached hydrogens (tertiary/aromatic N) is 2. The van der Waals surface area contributed by atoms with Crippen molar-refractivity contribution in [2.45, 2.75) is 67.5 Å². The molecule has 7 nitrogen and oxygen atoms in total. The molecule has 5 N–H and O–H groups in total. The van der Waals surface area contributed by atoms with Gasteiger partial charge in [0, 0.05) is 17.2 Å². The maximum absolute atomic E-state index is 11.9. The SMILES string of the molecule is BC1(Nc2nc(NC(C)(C)C)ncc2C(N)=O)CCC(B)(C(B)(B)B)C(O)C1. The first-order valence-corrected chi connectivity index (χ1v) is 9.98. The average Bonchev–Trinajstić information content (AvgIpc) is 2.48. The third-order valence-electron chi connectivity index (χ3n) is 6.25. The Bertz CT molecular complexity index is 754. The van der Waals surface area contributed by atoms with E-state index in [1.807, 2.05) is 20.8 Å². The molecule has 1 fully saturated rings. The van der Waals surface area contributed by atoms with E-state index in [1.54, 1.807) is 0 Å². The Morgan fingerprint density at radius 2 is 1.89 bits per heavy atom. The van der Waals surface area contributed by atoms with Gasteiger partial charge in [0.25, 0.3) is 5.91 Å². The zero-order valence-electron chi connectivity index (χ0n) is 18.6. The summed E-state index contributed by atoms with van der Waals surface area (Å²) in [5, 5.41) is 17.4. The van der Waals surface area contributed by atoms with Crippen molar-refractivity contribution < 1.29 is 9.90 Å². The molecular formula is C16H32B5N5O2. The molecule has 148 valence electrons. The molecule has 2 rings (SSSR count). The summed E-state index contributed by atoms with van der Waals surface area (Å²) in [5.41, 5.74) is 5.17. The molecule has 0 spiro atoms. The van der Waals surface area contributed by atoms with Crippen molar-refractivity contribution >= 4 is 56.9 Å². The lowest BCUT2D eigenvalue weighted by atomic mass is 9.25. The van der Waals surface area contributed by atoms with E-state index in [0.29, 0.717) is 18.2 Å². The normalized spacial score (nSPS) is 28.5. The van der Waals surface area contributed by atoms with Gasteiger partial charge in [0.05, 0.1) is 35.2 Å². The molecule has 3 atom stereocenters. The second-order valence-corrected chi connectivity index (χ2v) is 10.8. The largest absolute Gasteiger partial charge is 0.393 e. The second kappa shape index (κ2) is 7.36. The van der Waals surface area contributed by atoms with Crippen molar-refractivity contribution in [3.63, 3.8) is 0 Å². The number of hydrogen-bond acceptors (Lipinski definition) is 6. The minimum atomic E-state index is -0.579. The number of anilines is 2. The predicted molar refractivity (Wildman–Crippen MR) is 128 cm³/mol. The van der Waals surface area contributed by atoms with Crippen LogP contribution in [0, 0.1) is 0 Å². The Kier molecular flexibility index (Phi) is 5.97. The van der Waals surface area contributed by atoms with Crippen LogP contribution in [0.15, 0.2) is 6.20 Å². The van der Waals surface area contributed by atoms with Crippen molar-refractivity contribution in [2.24, 2.45) is 5.73 Å². The second-order valence-electron chi connectivity index (χ2n) is 10.8. The standard InChI is InChI=1S/C16H32B5N5O2/c1-13(2,3)26-12-23-7-8(10(22)28)11(24-12)25-14(17)4-5-15(18,9(27)6-14)16(19,20)21/h7,9,27H,4-6,17-21H2,1-3H3,(H2,22,28)(H2,23,24,25,26). The quantitative estimate of drug-likeness (QED) is 0.401. The van der Waals surface area contributed by atoms with E-state index < -0.39 is 17.4 Å². The van der Waals surface area contributed by atoms with E-state index in [4.69, 9.17) is 5.73 Å². The molecule has 28 heavy (non-hydrogen) atoms. The zero-order chi connectivity index (χ0) is 21.5. The highest BCUT2D eigenvalue weighted by Gasteiger charge is 2.49. The van der Waals surface area contributed by atoms with Gasteiger partial charge >= 0.3 is 0 Å². The molecule has 1 aliphatic rings. The Balaban J connectivity index is 2.31. The number of carbonyl (C=O) groups excluding carboxylic acids is 1. The highest BCUT2D eigenvalue weighted by atomic mass is 16.3. The van der Waals surface area contributed by atoms with Crippen LogP contribution in [-0.2, 0) is 0 Å². The van der Waals surface area contributed by atoms with Crippen LogP contribution < -0.4 is 16.4 Å². The third kappa shape index (κ3) is 4.88. The predicted octanol–water partition coefficient (Wildman–Crippen LogP) is -3.16. The van der Waals surface area contributed by atoms with Gasteiger partial charge in [-0.2, -0.15) is 4.98 Å².